The molecule has 3 heteroatoms. The van der Waals surface area contributed by atoms with Crippen LogP contribution in [0.2, 0.25) is 0 Å². The zero-order valence-electron chi connectivity index (χ0n) is 31.1. The predicted molar refractivity (Wildman–Crippen MR) is 239 cm³/mol. The van der Waals surface area contributed by atoms with E-state index in [0.29, 0.717) is 0 Å². The first-order chi connectivity index (χ1) is 28.2. The van der Waals surface area contributed by atoms with Gasteiger partial charge in [0, 0.05) is 44.3 Å². The van der Waals surface area contributed by atoms with Crippen molar-refractivity contribution < 1.29 is 4.42 Å². The molecule has 0 saturated carbocycles. The lowest BCUT2D eigenvalue weighted by Crippen LogP contribution is -2.09. The molecule has 0 aliphatic carbocycles. The second-order valence-electron chi connectivity index (χ2n) is 14.6. The number of anilines is 3. The number of fused-ring (bicyclic) bond motifs is 6. The molecule has 0 aliphatic rings. The molecule has 0 unspecified atom stereocenters. The second-order valence-corrected chi connectivity index (χ2v) is 14.6. The lowest BCUT2D eigenvalue weighted by molar-refractivity contribution is 0.669. The molecule has 0 amide bonds. The Hall–Kier alpha value is -7.62. The number of hydrogen-bond donors (Lipinski definition) is 0. The highest BCUT2D eigenvalue weighted by atomic mass is 16.3. The first kappa shape index (κ1) is 32.8. The minimum Gasteiger partial charge on any atom is -0.456 e. The minimum atomic E-state index is 0.891. The second kappa shape index (κ2) is 13.6. The Labute approximate surface area is 330 Å². The summed E-state index contributed by atoms with van der Waals surface area (Å²) in [6, 6.07) is 78.2. The molecule has 0 radical (unpaired) electrons. The fourth-order valence-corrected chi connectivity index (χ4v) is 8.45. The molecule has 11 rings (SSSR count). The molecule has 3 nitrogen and oxygen atoms in total. The maximum Gasteiger partial charge on any atom is 0.136 e. The van der Waals surface area contributed by atoms with Crippen LogP contribution in [0.3, 0.4) is 0 Å². The molecule has 9 aromatic carbocycles. The van der Waals surface area contributed by atoms with E-state index in [1.54, 1.807) is 0 Å². The van der Waals surface area contributed by atoms with Crippen molar-refractivity contribution in [3.8, 4) is 39.1 Å². The molecule has 2 heterocycles. The maximum atomic E-state index is 6.37. The van der Waals surface area contributed by atoms with Gasteiger partial charge in [-0.15, -0.1) is 0 Å². The standard InChI is InChI=1S/C54H36N2O/c1-4-14-43(15-5-1)55(44-16-6-2-7-17-44)46-28-24-37(25-29-46)40-32-41(34-42(33-40)39-26-30-49-48-21-11-13-23-53(48)57-54(49)36-39)38-27-31-52-50(35-38)47-20-10-12-22-51(47)56(52)45-18-8-3-9-19-45/h1-36H. The Balaban J connectivity index is 1.07. The number of rotatable bonds is 7. The van der Waals surface area contributed by atoms with Gasteiger partial charge in [-0.2, -0.15) is 0 Å². The molecule has 0 atom stereocenters. The molecular formula is C54H36N2O. The summed E-state index contributed by atoms with van der Waals surface area (Å²) in [6.45, 7) is 0. The van der Waals surface area contributed by atoms with E-state index < -0.39 is 0 Å². The highest BCUT2D eigenvalue weighted by Gasteiger charge is 2.17. The Morgan fingerprint density at radius 1 is 0.298 bits per heavy atom. The molecule has 0 bridgehead atoms. The van der Waals surface area contributed by atoms with Crippen molar-refractivity contribution in [1.29, 1.82) is 0 Å². The molecule has 0 spiro atoms. The topological polar surface area (TPSA) is 21.3 Å². The van der Waals surface area contributed by atoms with Crippen LogP contribution < -0.4 is 4.90 Å². The molecule has 268 valence electrons. The third kappa shape index (κ3) is 5.76. The Bertz CT molecular complexity index is 3180. The average molecular weight is 729 g/mol. The third-order valence-electron chi connectivity index (χ3n) is 11.2. The van der Waals surface area contributed by atoms with Crippen molar-refractivity contribution in [2.75, 3.05) is 4.90 Å². The fraction of sp³-hybridized carbons (Fsp3) is 0. The quantitative estimate of drug-likeness (QED) is 0.163. The lowest BCUT2D eigenvalue weighted by Gasteiger charge is -2.25. The smallest absolute Gasteiger partial charge is 0.136 e. The summed E-state index contributed by atoms with van der Waals surface area (Å²) in [7, 11) is 0. The van der Waals surface area contributed by atoms with E-state index in [4.69, 9.17) is 4.42 Å². The van der Waals surface area contributed by atoms with Crippen LogP contribution in [0.1, 0.15) is 0 Å². The van der Waals surface area contributed by atoms with E-state index in [0.717, 1.165) is 72.5 Å². The molecule has 0 N–H and O–H groups in total. The van der Waals surface area contributed by atoms with Gasteiger partial charge < -0.3 is 13.9 Å². The van der Waals surface area contributed by atoms with Crippen molar-refractivity contribution in [1.82, 2.24) is 4.57 Å². The average Bonchev–Trinajstić information content (AvgIpc) is 3.83. The van der Waals surface area contributed by atoms with Crippen LogP contribution in [-0.4, -0.2) is 4.57 Å². The van der Waals surface area contributed by atoms with Gasteiger partial charge >= 0.3 is 0 Å². The van der Waals surface area contributed by atoms with Gasteiger partial charge in [0.2, 0.25) is 0 Å². The van der Waals surface area contributed by atoms with Crippen molar-refractivity contribution in [3.05, 3.63) is 218 Å². The zero-order chi connectivity index (χ0) is 37.7. The molecule has 57 heavy (non-hydrogen) atoms. The van der Waals surface area contributed by atoms with E-state index in [1.807, 2.05) is 12.1 Å². The molecule has 0 aliphatic heterocycles. The van der Waals surface area contributed by atoms with Gasteiger partial charge in [0.25, 0.3) is 0 Å². The van der Waals surface area contributed by atoms with Crippen LogP contribution in [0.15, 0.2) is 223 Å². The summed E-state index contributed by atoms with van der Waals surface area (Å²) in [5.41, 5.74) is 15.5. The van der Waals surface area contributed by atoms with Crippen molar-refractivity contribution >= 4 is 60.8 Å². The van der Waals surface area contributed by atoms with Crippen molar-refractivity contribution in [2.45, 2.75) is 0 Å². The van der Waals surface area contributed by atoms with Gasteiger partial charge in [-0.05, 0) is 137 Å². The van der Waals surface area contributed by atoms with E-state index in [1.165, 1.54) is 27.4 Å². The summed E-state index contributed by atoms with van der Waals surface area (Å²) < 4.78 is 8.74. The Morgan fingerprint density at radius 3 is 1.49 bits per heavy atom. The number of furan rings is 1. The Kier molecular flexibility index (Phi) is 7.82. The first-order valence-corrected chi connectivity index (χ1v) is 19.4. The number of hydrogen-bond acceptors (Lipinski definition) is 2. The molecule has 11 aromatic rings. The predicted octanol–water partition coefficient (Wildman–Crippen LogP) is 15.2. The summed E-state index contributed by atoms with van der Waals surface area (Å²) in [6.07, 6.45) is 0. The van der Waals surface area contributed by atoms with Crippen LogP contribution in [0.5, 0.6) is 0 Å². The normalized spacial score (nSPS) is 11.5. The summed E-state index contributed by atoms with van der Waals surface area (Å²) in [4.78, 5) is 2.30. The van der Waals surface area contributed by atoms with Crippen molar-refractivity contribution in [2.24, 2.45) is 0 Å². The van der Waals surface area contributed by atoms with Gasteiger partial charge in [-0.25, -0.2) is 0 Å². The van der Waals surface area contributed by atoms with Gasteiger partial charge in [0.1, 0.15) is 11.2 Å². The third-order valence-corrected chi connectivity index (χ3v) is 11.2. The SMILES string of the molecule is c1ccc(N(c2ccccc2)c2ccc(-c3cc(-c4ccc5c(c4)oc4ccccc45)cc(-c4ccc5c(c4)c4ccccc4n5-c4ccccc4)c3)cc2)cc1. The Morgan fingerprint density at radius 2 is 0.789 bits per heavy atom. The highest BCUT2D eigenvalue weighted by molar-refractivity contribution is 6.11. The highest BCUT2D eigenvalue weighted by Crippen LogP contribution is 2.40. The van der Waals surface area contributed by atoms with E-state index in [-0.39, 0.29) is 0 Å². The lowest BCUT2D eigenvalue weighted by atomic mass is 9.92. The van der Waals surface area contributed by atoms with Crippen LogP contribution in [0.25, 0.3) is 82.8 Å². The fourth-order valence-electron chi connectivity index (χ4n) is 8.45. The largest absolute Gasteiger partial charge is 0.456 e. The molecule has 2 aromatic heterocycles. The monoisotopic (exact) mass is 728 g/mol. The summed E-state index contributed by atoms with van der Waals surface area (Å²) >= 11 is 0. The van der Waals surface area contributed by atoms with Gasteiger partial charge in [-0.1, -0.05) is 115 Å². The van der Waals surface area contributed by atoms with Gasteiger partial charge in [0.15, 0.2) is 0 Å². The number of para-hydroxylation sites is 5. The van der Waals surface area contributed by atoms with Crippen LogP contribution >= 0.6 is 0 Å². The van der Waals surface area contributed by atoms with Crippen LogP contribution in [0.4, 0.5) is 17.1 Å². The molecule has 0 fully saturated rings. The van der Waals surface area contributed by atoms with Crippen molar-refractivity contribution in [3.63, 3.8) is 0 Å². The number of benzene rings is 9. The minimum absolute atomic E-state index is 0.891. The molecule has 0 saturated heterocycles. The number of aromatic nitrogens is 1. The van der Waals surface area contributed by atoms with E-state index in [2.05, 4.69) is 216 Å². The summed E-state index contributed by atoms with van der Waals surface area (Å²) in [5.74, 6) is 0. The van der Waals surface area contributed by atoms with E-state index in [9.17, 15) is 0 Å². The number of nitrogens with zero attached hydrogens (tertiary/aromatic N) is 2. The van der Waals surface area contributed by atoms with Crippen LogP contribution in [-0.2, 0) is 0 Å². The first-order valence-electron chi connectivity index (χ1n) is 19.4. The summed E-state index contributed by atoms with van der Waals surface area (Å²) in [5, 5.41) is 4.73. The van der Waals surface area contributed by atoms with E-state index >= 15 is 0 Å². The zero-order valence-corrected chi connectivity index (χ0v) is 31.1. The molecular weight excluding hydrogens is 693 g/mol. The maximum absolute atomic E-state index is 6.37. The van der Waals surface area contributed by atoms with Gasteiger partial charge in [0.05, 0.1) is 11.0 Å². The van der Waals surface area contributed by atoms with Gasteiger partial charge in [-0.3, -0.25) is 0 Å². The van der Waals surface area contributed by atoms with Crippen LogP contribution in [0, 0.1) is 0 Å².